The van der Waals surface area contributed by atoms with Gasteiger partial charge in [0.2, 0.25) is 5.91 Å². The van der Waals surface area contributed by atoms with Gasteiger partial charge in [-0.3, -0.25) is 9.59 Å². The van der Waals surface area contributed by atoms with Crippen LogP contribution in [-0.2, 0) is 9.59 Å². The molecular weight excluding hydrogens is 405 g/mol. The highest BCUT2D eigenvalue weighted by atomic mass is 19.1. The Morgan fingerprint density at radius 3 is 2.61 bits per heavy atom. The molecular formula is C22H22FN3O5. The second-order valence-electron chi connectivity index (χ2n) is 6.95. The van der Waals surface area contributed by atoms with E-state index >= 15 is 0 Å². The molecule has 0 aromatic heterocycles. The van der Waals surface area contributed by atoms with E-state index in [-0.39, 0.29) is 17.5 Å². The zero-order valence-corrected chi connectivity index (χ0v) is 17.3. The maximum atomic E-state index is 13.7. The number of para-hydroxylation sites is 2. The van der Waals surface area contributed by atoms with Crippen LogP contribution in [0.3, 0.4) is 0 Å². The molecule has 9 heteroatoms. The van der Waals surface area contributed by atoms with Crippen molar-refractivity contribution in [2.45, 2.75) is 20.0 Å². The van der Waals surface area contributed by atoms with Gasteiger partial charge in [0.15, 0.2) is 11.5 Å². The minimum absolute atomic E-state index is 0.0226. The maximum Gasteiger partial charge on any atom is 0.329 e. The van der Waals surface area contributed by atoms with E-state index in [2.05, 4.69) is 10.6 Å². The lowest BCUT2D eigenvalue weighted by Gasteiger charge is -2.16. The molecule has 4 amide bonds. The average Bonchev–Trinajstić information content (AvgIpc) is 2.98. The van der Waals surface area contributed by atoms with Gasteiger partial charge in [-0.2, -0.15) is 0 Å². The smallest absolute Gasteiger partial charge is 0.329 e. The standard InChI is InChI=1S/C22H22FN3O5/c1-13(2)31-20-14(7-6-10-18(20)30-3)11-17-21(28)26(22(29)25-17)12-19(27)24-16-9-5-4-8-15(16)23/h4-11,13H,12H2,1-3H3,(H,24,27)(H,25,29)/b17-11-. The topological polar surface area (TPSA) is 97.0 Å². The number of anilines is 1. The van der Waals surface area contributed by atoms with Crippen molar-refractivity contribution in [3.05, 3.63) is 59.5 Å². The molecule has 0 spiro atoms. The fourth-order valence-corrected chi connectivity index (χ4v) is 2.94. The van der Waals surface area contributed by atoms with Crippen LogP contribution in [-0.4, -0.2) is 42.5 Å². The molecule has 0 aliphatic carbocycles. The van der Waals surface area contributed by atoms with Gasteiger partial charge >= 0.3 is 6.03 Å². The molecule has 31 heavy (non-hydrogen) atoms. The summed E-state index contributed by atoms with van der Waals surface area (Å²) in [5, 5.41) is 4.79. The molecule has 1 heterocycles. The monoisotopic (exact) mass is 427 g/mol. The summed E-state index contributed by atoms with van der Waals surface area (Å²) in [6.07, 6.45) is 1.30. The summed E-state index contributed by atoms with van der Waals surface area (Å²) < 4.78 is 24.8. The minimum atomic E-state index is -0.755. The van der Waals surface area contributed by atoms with Crippen molar-refractivity contribution in [1.29, 1.82) is 0 Å². The van der Waals surface area contributed by atoms with Crippen molar-refractivity contribution in [3.63, 3.8) is 0 Å². The molecule has 1 aliphatic heterocycles. The summed E-state index contributed by atoms with van der Waals surface area (Å²) in [4.78, 5) is 37.9. The van der Waals surface area contributed by atoms with Gasteiger partial charge in [0.1, 0.15) is 18.1 Å². The van der Waals surface area contributed by atoms with Crippen LogP contribution in [0.2, 0.25) is 0 Å². The van der Waals surface area contributed by atoms with Crippen molar-refractivity contribution < 1.29 is 28.2 Å². The fraction of sp³-hybridized carbons (Fsp3) is 0.227. The maximum absolute atomic E-state index is 13.7. The highest BCUT2D eigenvalue weighted by molar-refractivity contribution is 6.16. The molecule has 2 N–H and O–H groups in total. The fourth-order valence-electron chi connectivity index (χ4n) is 2.94. The van der Waals surface area contributed by atoms with Crippen molar-refractivity contribution >= 4 is 29.6 Å². The third-order valence-corrected chi connectivity index (χ3v) is 4.29. The van der Waals surface area contributed by atoms with Gasteiger partial charge in [-0.25, -0.2) is 14.1 Å². The van der Waals surface area contributed by atoms with Gasteiger partial charge in [-0.05, 0) is 38.1 Å². The normalized spacial score (nSPS) is 14.7. The Morgan fingerprint density at radius 2 is 1.94 bits per heavy atom. The van der Waals surface area contributed by atoms with Crippen LogP contribution in [0.5, 0.6) is 11.5 Å². The molecule has 0 bridgehead atoms. The van der Waals surface area contributed by atoms with E-state index in [9.17, 15) is 18.8 Å². The number of amides is 4. The minimum Gasteiger partial charge on any atom is -0.493 e. The van der Waals surface area contributed by atoms with Crippen molar-refractivity contribution in [2.24, 2.45) is 0 Å². The van der Waals surface area contributed by atoms with Crippen LogP contribution >= 0.6 is 0 Å². The van der Waals surface area contributed by atoms with Crippen LogP contribution in [0.15, 0.2) is 48.2 Å². The number of benzene rings is 2. The third-order valence-electron chi connectivity index (χ3n) is 4.29. The largest absolute Gasteiger partial charge is 0.493 e. The number of hydrogen-bond acceptors (Lipinski definition) is 5. The molecule has 0 saturated carbocycles. The lowest BCUT2D eigenvalue weighted by Crippen LogP contribution is -2.38. The molecule has 162 valence electrons. The molecule has 1 saturated heterocycles. The number of imide groups is 1. The highest BCUT2D eigenvalue weighted by Crippen LogP contribution is 2.33. The molecule has 8 nitrogen and oxygen atoms in total. The molecule has 0 unspecified atom stereocenters. The van der Waals surface area contributed by atoms with Crippen LogP contribution < -0.4 is 20.1 Å². The Bertz CT molecular complexity index is 1050. The number of rotatable bonds is 7. The van der Waals surface area contributed by atoms with E-state index in [1.165, 1.54) is 31.4 Å². The summed E-state index contributed by atoms with van der Waals surface area (Å²) in [6, 6.07) is 9.99. The van der Waals surface area contributed by atoms with Gasteiger partial charge in [-0.1, -0.05) is 24.3 Å². The molecule has 3 rings (SSSR count). The molecule has 2 aromatic rings. The Kier molecular flexibility index (Phi) is 6.54. The molecule has 2 aromatic carbocycles. The van der Waals surface area contributed by atoms with Gasteiger partial charge in [0, 0.05) is 5.56 Å². The van der Waals surface area contributed by atoms with Gasteiger partial charge in [-0.15, -0.1) is 0 Å². The Balaban J connectivity index is 1.79. The van der Waals surface area contributed by atoms with E-state index in [0.717, 1.165) is 4.90 Å². The average molecular weight is 427 g/mol. The number of carbonyl (C=O) groups excluding carboxylic acids is 3. The number of ether oxygens (including phenoxy) is 2. The van der Waals surface area contributed by atoms with Gasteiger partial charge < -0.3 is 20.1 Å². The SMILES string of the molecule is COc1cccc(/C=C2\NC(=O)N(CC(=O)Nc3ccccc3F)C2=O)c1OC(C)C. The first-order chi connectivity index (χ1) is 14.8. The Morgan fingerprint density at radius 1 is 1.19 bits per heavy atom. The second kappa shape index (κ2) is 9.29. The second-order valence-corrected chi connectivity index (χ2v) is 6.95. The number of nitrogens with one attached hydrogen (secondary N) is 2. The lowest BCUT2D eigenvalue weighted by molar-refractivity contribution is -0.127. The van der Waals surface area contributed by atoms with Crippen LogP contribution in [0.1, 0.15) is 19.4 Å². The van der Waals surface area contributed by atoms with E-state index in [1.54, 1.807) is 24.3 Å². The predicted molar refractivity (Wildman–Crippen MR) is 112 cm³/mol. The number of halogens is 1. The summed E-state index contributed by atoms with van der Waals surface area (Å²) in [6.45, 7) is 3.13. The van der Waals surface area contributed by atoms with Crippen molar-refractivity contribution in [1.82, 2.24) is 10.2 Å². The first-order valence-electron chi connectivity index (χ1n) is 9.52. The summed E-state index contributed by atoms with van der Waals surface area (Å²) in [5.41, 5.74) is 0.460. The van der Waals surface area contributed by atoms with E-state index < -0.39 is 30.2 Å². The number of urea groups is 1. The Hall–Kier alpha value is -3.88. The van der Waals surface area contributed by atoms with E-state index in [4.69, 9.17) is 9.47 Å². The number of hydrogen-bond donors (Lipinski definition) is 2. The first kappa shape index (κ1) is 21.8. The third kappa shape index (κ3) is 5.00. The van der Waals surface area contributed by atoms with Crippen molar-refractivity contribution in [3.8, 4) is 11.5 Å². The van der Waals surface area contributed by atoms with Crippen LogP contribution in [0.25, 0.3) is 6.08 Å². The molecule has 1 fully saturated rings. The van der Waals surface area contributed by atoms with Crippen LogP contribution in [0.4, 0.5) is 14.9 Å². The predicted octanol–water partition coefficient (Wildman–Crippen LogP) is 3.15. The highest BCUT2D eigenvalue weighted by Gasteiger charge is 2.35. The van der Waals surface area contributed by atoms with Gasteiger partial charge in [0.05, 0.1) is 18.9 Å². The molecule has 0 radical (unpaired) electrons. The number of methoxy groups -OCH3 is 1. The number of nitrogens with zero attached hydrogens (tertiary/aromatic N) is 1. The molecule has 0 atom stereocenters. The molecule has 1 aliphatic rings. The Labute approximate surface area is 178 Å². The van der Waals surface area contributed by atoms with E-state index in [0.29, 0.717) is 17.1 Å². The summed E-state index contributed by atoms with van der Waals surface area (Å²) >= 11 is 0. The summed E-state index contributed by atoms with van der Waals surface area (Å²) in [7, 11) is 1.50. The zero-order valence-electron chi connectivity index (χ0n) is 17.3. The van der Waals surface area contributed by atoms with Gasteiger partial charge in [0.25, 0.3) is 5.91 Å². The first-order valence-corrected chi connectivity index (χ1v) is 9.52. The quantitative estimate of drug-likeness (QED) is 0.523. The van der Waals surface area contributed by atoms with Crippen molar-refractivity contribution in [2.75, 3.05) is 19.0 Å². The van der Waals surface area contributed by atoms with Crippen LogP contribution in [0, 0.1) is 5.82 Å². The lowest BCUT2D eigenvalue weighted by atomic mass is 10.1. The summed E-state index contributed by atoms with van der Waals surface area (Å²) in [5.74, 6) is -1.12. The number of carbonyl (C=O) groups is 3. The van der Waals surface area contributed by atoms with E-state index in [1.807, 2.05) is 13.8 Å². The zero-order chi connectivity index (χ0) is 22.5.